The number of rotatable bonds is 6. The number of amides is 1. The number of carbonyl (C=O) groups excluding carboxylic acids is 1. The second kappa shape index (κ2) is 6.80. The Bertz CT molecular complexity index is 197. The Balaban J connectivity index is 2.12. The number of likely N-dealkylation sites (N-methyl/N-ethyl adjacent to an activating group) is 1. The van der Waals surface area contributed by atoms with Crippen LogP contribution in [0.5, 0.6) is 0 Å². The standard InChI is InChI=1S/C11H22N2O2/c1-12-11(14)9-13-6-5-10(8-13)4-3-7-15-2/h10H,3-9H2,1-2H3,(H,12,14)/t10-/m1/s1. The molecule has 0 radical (unpaired) electrons. The number of hydrogen-bond acceptors (Lipinski definition) is 3. The molecule has 1 heterocycles. The van der Waals surface area contributed by atoms with Crippen LogP contribution in [0.4, 0.5) is 0 Å². The highest BCUT2D eigenvalue weighted by Crippen LogP contribution is 2.20. The minimum absolute atomic E-state index is 0.118. The molecule has 4 heteroatoms. The summed E-state index contributed by atoms with van der Waals surface area (Å²) in [7, 11) is 3.43. The lowest BCUT2D eigenvalue weighted by Crippen LogP contribution is -2.34. The first kappa shape index (κ1) is 12.5. The Labute approximate surface area is 92.0 Å². The van der Waals surface area contributed by atoms with Crippen molar-refractivity contribution in [2.45, 2.75) is 19.3 Å². The molecule has 0 aromatic carbocycles. The van der Waals surface area contributed by atoms with Gasteiger partial charge in [-0.15, -0.1) is 0 Å². The molecule has 0 saturated carbocycles. The van der Waals surface area contributed by atoms with Crippen molar-refractivity contribution in [2.24, 2.45) is 5.92 Å². The Morgan fingerprint density at radius 3 is 3.07 bits per heavy atom. The highest BCUT2D eigenvalue weighted by molar-refractivity contribution is 5.77. The van der Waals surface area contributed by atoms with Gasteiger partial charge in [-0.1, -0.05) is 0 Å². The van der Waals surface area contributed by atoms with Crippen LogP contribution in [0.15, 0.2) is 0 Å². The monoisotopic (exact) mass is 214 g/mol. The van der Waals surface area contributed by atoms with E-state index in [-0.39, 0.29) is 5.91 Å². The molecular formula is C11H22N2O2. The smallest absolute Gasteiger partial charge is 0.233 e. The van der Waals surface area contributed by atoms with Crippen LogP contribution in [-0.4, -0.2) is 51.2 Å². The molecule has 88 valence electrons. The van der Waals surface area contributed by atoms with E-state index in [9.17, 15) is 4.79 Å². The molecule has 1 aliphatic heterocycles. The maximum atomic E-state index is 11.2. The summed E-state index contributed by atoms with van der Waals surface area (Å²) >= 11 is 0. The fourth-order valence-electron chi connectivity index (χ4n) is 2.09. The molecule has 15 heavy (non-hydrogen) atoms. The lowest BCUT2D eigenvalue weighted by atomic mass is 10.0. The van der Waals surface area contributed by atoms with E-state index in [0.717, 1.165) is 32.0 Å². The number of likely N-dealkylation sites (tertiary alicyclic amines) is 1. The number of hydrogen-bond donors (Lipinski definition) is 1. The molecule has 1 rings (SSSR count). The van der Waals surface area contributed by atoms with Gasteiger partial charge in [-0.3, -0.25) is 9.69 Å². The molecule has 1 atom stereocenters. The number of carbonyl (C=O) groups is 1. The molecular weight excluding hydrogens is 192 g/mol. The summed E-state index contributed by atoms with van der Waals surface area (Å²) in [5.74, 6) is 0.873. The van der Waals surface area contributed by atoms with E-state index in [1.165, 1.54) is 12.8 Å². The molecule has 1 fully saturated rings. The molecule has 0 aromatic rings. The minimum Gasteiger partial charge on any atom is -0.385 e. The maximum Gasteiger partial charge on any atom is 0.233 e. The summed E-state index contributed by atoms with van der Waals surface area (Å²) < 4.78 is 5.03. The average molecular weight is 214 g/mol. The van der Waals surface area contributed by atoms with Gasteiger partial charge in [0.1, 0.15) is 0 Å². The van der Waals surface area contributed by atoms with Crippen LogP contribution in [0.3, 0.4) is 0 Å². The Morgan fingerprint density at radius 1 is 1.60 bits per heavy atom. The van der Waals surface area contributed by atoms with Gasteiger partial charge in [0.25, 0.3) is 0 Å². The van der Waals surface area contributed by atoms with Gasteiger partial charge in [0.05, 0.1) is 6.54 Å². The average Bonchev–Trinajstić information content (AvgIpc) is 2.66. The number of nitrogens with one attached hydrogen (secondary N) is 1. The molecule has 1 amide bonds. The molecule has 0 aromatic heterocycles. The topological polar surface area (TPSA) is 41.6 Å². The van der Waals surface area contributed by atoms with Crippen LogP contribution in [0.25, 0.3) is 0 Å². The Morgan fingerprint density at radius 2 is 2.40 bits per heavy atom. The summed E-state index contributed by atoms with van der Waals surface area (Å²) in [6.07, 6.45) is 3.58. The van der Waals surface area contributed by atoms with Gasteiger partial charge in [-0.05, 0) is 31.7 Å². The van der Waals surface area contributed by atoms with Crippen LogP contribution >= 0.6 is 0 Å². The van der Waals surface area contributed by atoms with Gasteiger partial charge in [0.15, 0.2) is 0 Å². The van der Waals surface area contributed by atoms with E-state index < -0.39 is 0 Å². The van der Waals surface area contributed by atoms with E-state index in [1.54, 1.807) is 14.2 Å². The third-order valence-electron chi connectivity index (χ3n) is 2.98. The second-order valence-electron chi connectivity index (χ2n) is 4.20. The van der Waals surface area contributed by atoms with E-state index in [4.69, 9.17) is 4.74 Å². The molecule has 1 saturated heterocycles. The number of methoxy groups -OCH3 is 1. The third kappa shape index (κ3) is 4.62. The van der Waals surface area contributed by atoms with Crippen molar-refractivity contribution in [3.05, 3.63) is 0 Å². The van der Waals surface area contributed by atoms with E-state index >= 15 is 0 Å². The lowest BCUT2D eigenvalue weighted by molar-refractivity contribution is -0.121. The van der Waals surface area contributed by atoms with Crippen LogP contribution in [0, 0.1) is 5.92 Å². The largest absolute Gasteiger partial charge is 0.385 e. The second-order valence-corrected chi connectivity index (χ2v) is 4.20. The van der Waals surface area contributed by atoms with Gasteiger partial charge in [-0.2, -0.15) is 0 Å². The number of nitrogens with zero attached hydrogens (tertiary/aromatic N) is 1. The van der Waals surface area contributed by atoms with E-state index in [0.29, 0.717) is 6.54 Å². The normalized spacial score (nSPS) is 21.9. The van der Waals surface area contributed by atoms with Gasteiger partial charge in [-0.25, -0.2) is 0 Å². The van der Waals surface area contributed by atoms with Gasteiger partial charge in [0, 0.05) is 27.3 Å². The van der Waals surface area contributed by atoms with Crippen LogP contribution in [0.1, 0.15) is 19.3 Å². The van der Waals surface area contributed by atoms with Crippen LogP contribution < -0.4 is 5.32 Å². The molecule has 0 bridgehead atoms. The van der Waals surface area contributed by atoms with Crippen molar-refractivity contribution in [1.82, 2.24) is 10.2 Å². The number of ether oxygens (including phenoxy) is 1. The summed E-state index contributed by atoms with van der Waals surface area (Å²) in [6.45, 7) is 3.53. The van der Waals surface area contributed by atoms with E-state index in [2.05, 4.69) is 10.2 Å². The summed E-state index contributed by atoms with van der Waals surface area (Å²) in [5.41, 5.74) is 0. The van der Waals surface area contributed by atoms with E-state index in [1.807, 2.05) is 0 Å². The summed E-state index contributed by atoms with van der Waals surface area (Å²) in [6, 6.07) is 0. The predicted molar refractivity (Wildman–Crippen MR) is 59.7 cm³/mol. The minimum atomic E-state index is 0.118. The van der Waals surface area contributed by atoms with Crippen molar-refractivity contribution in [2.75, 3.05) is 40.4 Å². The highest BCUT2D eigenvalue weighted by atomic mass is 16.5. The SMILES string of the molecule is CNC(=O)CN1CC[C@@H](CCCOC)C1. The van der Waals surface area contributed by atoms with Crippen molar-refractivity contribution >= 4 is 5.91 Å². The molecule has 0 unspecified atom stereocenters. The molecule has 0 aliphatic carbocycles. The fraction of sp³-hybridized carbons (Fsp3) is 0.909. The lowest BCUT2D eigenvalue weighted by Gasteiger charge is -2.14. The molecule has 1 aliphatic rings. The summed E-state index contributed by atoms with van der Waals surface area (Å²) in [5, 5.41) is 2.66. The van der Waals surface area contributed by atoms with Crippen molar-refractivity contribution in [3.63, 3.8) is 0 Å². The quantitative estimate of drug-likeness (QED) is 0.654. The first-order valence-electron chi connectivity index (χ1n) is 5.68. The zero-order valence-electron chi connectivity index (χ0n) is 9.79. The van der Waals surface area contributed by atoms with Crippen molar-refractivity contribution in [1.29, 1.82) is 0 Å². The predicted octanol–water partition coefficient (Wildman–Crippen LogP) is 0.481. The maximum absolute atomic E-state index is 11.2. The first-order chi connectivity index (χ1) is 7.26. The van der Waals surface area contributed by atoms with Crippen LogP contribution in [-0.2, 0) is 9.53 Å². The molecule has 0 spiro atoms. The Hall–Kier alpha value is -0.610. The van der Waals surface area contributed by atoms with Crippen LogP contribution in [0.2, 0.25) is 0 Å². The Kier molecular flexibility index (Phi) is 5.65. The van der Waals surface area contributed by atoms with Crippen molar-refractivity contribution < 1.29 is 9.53 Å². The third-order valence-corrected chi connectivity index (χ3v) is 2.98. The van der Waals surface area contributed by atoms with Gasteiger partial charge < -0.3 is 10.1 Å². The fourth-order valence-corrected chi connectivity index (χ4v) is 2.09. The molecule has 1 N–H and O–H groups in total. The highest BCUT2D eigenvalue weighted by Gasteiger charge is 2.22. The first-order valence-corrected chi connectivity index (χ1v) is 5.68. The van der Waals surface area contributed by atoms with Gasteiger partial charge >= 0.3 is 0 Å². The zero-order chi connectivity index (χ0) is 11.1. The van der Waals surface area contributed by atoms with Crippen molar-refractivity contribution in [3.8, 4) is 0 Å². The van der Waals surface area contributed by atoms with Gasteiger partial charge in [0.2, 0.25) is 5.91 Å². The zero-order valence-corrected chi connectivity index (χ0v) is 9.79. The summed E-state index contributed by atoms with van der Waals surface area (Å²) in [4.78, 5) is 13.4. The molecule has 4 nitrogen and oxygen atoms in total.